The molecule has 15 heavy (non-hydrogen) atoms. The fraction of sp³-hybridized carbons (Fsp3) is 0.667. The van der Waals surface area contributed by atoms with E-state index in [0.717, 1.165) is 5.13 Å². The van der Waals surface area contributed by atoms with Gasteiger partial charge in [0.15, 0.2) is 5.13 Å². The minimum absolute atomic E-state index is 0.184. The first-order chi connectivity index (χ1) is 7.07. The summed E-state index contributed by atoms with van der Waals surface area (Å²) in [6, 6.07) is 0. The maximum Gasteiger partial charge on any atom is 0.391 e. The molecule has 2 nitrogen and oxygen atoms in total. The van der Waals surface area contributed by atoms with Crippen molar-refractivity contribution in [2.45, 2.75) is 19.0 Å². The smallest absolute Gasteiger partial charge is 0.348 e. The topological polar surface area (TPSA) is 16.1 Å². The predicted octanol–water partition coefficient (Wildman–Crippen LogP) is 2.92. The van der Waals surface area contributed by atoms with Crippen molar-refractivity contribution in [3.05, 3.63) is 11.6 Å². The van der Waals surface area contributed by atoms with Gasteiger partial charge in [-0.25, -0.2) is 4.98 Å². The Balaban J connectivity index is 1.93. The van der Waals surface area contributed by atoms with Gasteiger partial charge in [-0.1, -0.05) is 0 Å². The van der Waals surface area contributed by atoms with Crippen LogP contribution in [-0.2, 0) is 0 Å². The SMILES string of the molecule is FC(F)(F)C1CCN(c2nccs2)CC1. The number of nitrogens with zero attached hydrogens (tertiary/aromatic N) is 2. The Morgan fingerprint density at radius 1 is 1.33 bits per heavy atom. The first kappa shape index (κ1) is 10.7. The maximum atomic E-state index is 12.4. The Morgan fingerprint density at radius 2 is 2.00 bits per heavy atom. The van der Waals surface area contributed by atoms with Crippen molar-refractivity contribution >= 4 is 16.5 Å². The van der Waals surface area contributed by atoms with Gasteiger partial charge in [-0.2, -0.15) is 13.2 Å². The van der Waals surface area contributed by atoms with E-state index < -0.39 is 12.1 Å². The summed E-state index contributed by atoms with van der Waals surface area (Å²) in [6.07, 6.45) is -1.99. The molecule has 1 fully saturated rings. The molecule has 2 rings (SSSR count). The van der Waals surface area contributed by atoms with E-state index in [4.69, 9.17) is 0 Å². The molecule has 0 bridgehead atoms. The Morgan fingerprint density at radius 3 is 2.47 bits per heavy atom. The van der Waals surface area contributed by atoms with E-state index in [1.54, 1.807) is 6.20 Å². The van der Waals surface area contributed by atoms with Crippen LogP contribution in [0, 0.1) is 5.92 Å². The fourth-order valence-corrected chi connectivity index (χ4v) is 2.47. The van der Waals surface area contributed by atoms with Crippen LogP contribution >= 0.6 is 11.3 Å². The Kier molecular flexibility index (Phi) is 2.86. The summed E-state index contributed by atoms with van der Waals surface area (Å²) in [4.78, 5) is 6.01. The summed E-state index contributed by atoms with van der Waals surface area (Å²) >= 11 is 1.47. The van der Waals surface area contributed by atoms with Crippen molar-refractivity contribution in [2.75, 3.05) is 18.0 Å². The molecule has 0 saturated carbocycles. The molecule has 0 amide bonds. The Bertz CT molecular complexity index is 302. The lowest BCUT2D eigenvalue weighted by Gasteiger charge is -2.32. The van der Waals surface area contributed by atoms with Gasteiger partial charge < -0.3 is 4.90 Å². The van der Waals surface area contributed by atoms with E-state index in [9.17, 15) is 13.2 Å². The number of thiazole rings is 1. The van der Waals surface area contributed by atoms with E-state index in [1.165, 1.54) is 11.3 Å². The monoisotopic (exact) mass is 236 g/mol. The van der Waals surface area contributed by atoms with E-state index in [2.05, 4.69) is 4.98 Å². The molecule has 0 aliphatic carbocycles. The highest BCUT2D eigenvalue weighted by Crippen LogP contribution is 2.35. The zero-order valence-electron chi connectivity index (χ0n) is 8.00. The van der Waals surface area contributed by atoms with Gasteiger partial charge in [-0.3, -0.25) is 0 Å². The summed E-state index contributed by atoms with van der Waals surface area (Å²) in [5.74, 6) is -1.13. The molecule has 0 radical (unpaired) electrons. The lowest BCUT2D eigenvalue weighted by atomic mass is 9.97. The molecule has 0 aromatic carbocycles. The highest BCUT2D eigenvalue weighted by atomic mass is 32.1. The van der Waals surface area contributed by atoms with E-state index in [1.807, 2.05) is 10.3 Å². The summed E-state index contributed by atoms with van der Waals surface area (Å²) in [5, 5.41) is 2.67. The second-order valence-corrected chi connectivity index (χ2v) is 4.49. The average molecular weight is 236 g/mol. The predicted molar refractivity (Wildman–Crippen MR) is 53.1 cm³/mol. The Hall–Kier alpha value is -0.780. The lowest BCUT2D eigenvalue weighted by molar-refractivity contribution is -0.179. The number of aromatic nitrogens is 1. The van der Waals surface area contributed by atoms with Gasteiger partial charge in [-0.05, 0) is 12.8 Å². The van der Waals surface area contributed by atoms with Crippen molar-refractivity contribution in [1.29, 1.82) is 0 Å². The van der Waals surface area contributed by atoms with Crippen LogP contribution in [0.5, 0.6) is 0 Å². The van der Waals surface area contributed by atoms with Gasteiger partial charge in [0.2, 0.25) is 0 Å². The second kappa shape index (κ2) is 4.00. The summed E-state index contributed by atoms with van der Waals surface area (Å²) < 4.78 is 37.1. The molecule has 1 saturated heterocycles. The summed E-state index contributed by atoms with van der Waals surface area (Å²) in [5.41, 5.74) is 0. The summed E-state index contributed by atoms with van der Waals surface area (Å²) in [7, 11) is 0. The molecule has 84 valence electrons. The van der Waals surface area contributed by atoms with Crippen LogP contribution in [0.3, 0.4) is 0 Å². The normalized spacial score (nSPS) is 19.5. The molecule has 0 unspecified atom stereocenters. The minimum atomic E-state index is -4.03. The van der Waals surface area contributed by atoms with E-state index >= 15 is 0 Å². The molecule has 1 aliphatic rings. The number of halogens is 3. The number of hydrogen-bond acceptors (Lipinski definition) is 3. The number of alkyl halides is 3. The van der Waals surface area contributed by atoms with Crippen LogP contribution in [0.15, 0.2) is 11.6 Å². The minimum Gasteiger partial charge on any atom is -0.348 e. The molecule has 1 aromatic rings. The van der Waals surface area contributed by atoms with Gasteiger partial charge in [0, 0.05) is 24.7 Å². The van der Waals surface area contributed by atoms with Gasteiger partial charge in [-0.15, -0.1) is 11.3 Å². The van der Waals surface area contributed by atoms with Gasteiger partial charge in [0.25, 0.3) is 0 Å². The third-order valence-electron chi connectivity index (χ3n) is 2.65. The number of hydrogen-bond donors (Lipinski definition) is 0. The van der Waals surface area contributed by atoms with Crippen molar-refractivity contribution in [3.8, 4) is 0 Å². The Labute approximate surface area is 89.7 Å². The van der Waals surface area contributed by atoms with Gasteiger partial charge >= 0.3 is 6.18 Å². The first-order valence-electron chi connectivity index (χ1n) is 4.78. The van der Waals surface area contributed by atoms with Crippen LogP contribution in [0.25, 0.3) is 0 Å². The lowest BCUT2D eigenvalue weighted by Crippen LogP contribution is -2.38. The summed E-state index contributed by atoms with van der Waals surface area (Å²) in [6.45, 7) is 0.912. The van der Waals surface area contributed by atoms with Crippen LogP contribution in [0.2, 0.25) is 0 Å². The highest BCUT2D eigenvalue weighted by Gasteiger charge is 2.41. The molecular weight excluding hydrogens is 225 g/mol. The van der Waals surface area contributed by atoms with Crippen molar-refractivity contribution in [1.82, 2.24) is 4.98 Å². The van der Waals surface area contributed by atoms with E-state index in [-0.39, 0.29) is 12.8 Å². The molecule has 0 N–H and O–H groups in total. The largest absolute Gasteiger partial charge is 0.391 e. The van der Waals surface area contributed by atoms with Crippen LogP contribution in [0.4, 0.5) is 18.3 Å². The zero-order chi connectivity index (χ0) is 10.9. The van der Waals surface area contributed by atoms with Gasteiger partial charge in [0.1, 0.15) is 0 Å². The van der Waals surface area contributed by atoms with Crippen LogP contribution in [-0.4, -0.2) is 24.2 Å². The quantitative estimate of drug-likeness (QED) is 0.745. The van der Waals surface area contributed by atoms with Crippen molar-refractivity contribution in [2.24, 2.45) is 5.92 Å². The maximum absolute atomic E-state index is 12.4. The molecule has 1 aliphatic heterocycles. The van der Waals surface area contributed by atoms with E-state index in [0.29, 0.717) is 13.1 Å². The third kappa shape index (κ3) is 2.42. The van der Waals surface area contributed by atoms with Gasteiger partial charge in [0.05, 0.1) is 5.92 Å². The van der Waals surface area contributed by atoms with Crippen molar-refractivity contribution < 1.29 is 13.2 Å². The number of rotatable bonds is 1. The molecule has 0 spiro atoms. The second-order valence-electron chi connectivity index (χ2n) is 3.62. The number of anilines is 1. The standard InChI is InChI=1S/C9H11F3N2S/c10-9(11,12)7-1-4-14(5-2-7)8-13-3-6-15-8/h3,6-7H,1-2,4-5H2. The molecular formula is C9H11F3N2S. The molecule has 0 atom stereocenters. The molecule has 2 heterocycles. The van der Waals surface area contributed by atoms with Crippen LogP contribution < -0.4 is 4.90 Å². The van der Waals surface area contributed by atoms with Crippen molar-refractivity contribution in [3.63, 3.8) is 0 Å². The van der Waals surface area contributed by atoms with Crippen LogP contribution in [0.1, 0.15) is 12.8 Å². The zero-order valence-corrected chi connectivity index (χ0v) is 8.81. The molecule has 1 aromatic heterocycles. The third-order valence-corrected chi connectivity index (χ3v) is 3.48. The number of piperidine rings is 1. The average Bonchev–Trinajstić information content (AvgIpc) is 2.69. The molecule has 6 heteroatoms. The highest BCUT2D eigenvalue weighted by molar-refractivity contribution is 7.13. The first-order valence-corrected chi connectivity index (χ1v) is 5.66. The fourth-order valence-electron chi connectivity index (χ4n) is 1.77.